The van der Waals surface area contributed by atoms with Gasteiger partial charge in [-0.3, -0.25) is 9.59 Å². The first-order valence-corrected chi connectivity index (χ1v) is 9.97. The SMILES string of the molecule is CC(=O)N1C=Cc2ccccc2C1CC(=O)NCC1(c2ccccc2)CCC1. The third-order valence-electron chi connectivity index (χ3n) is 6.17. The Labute approximate surface area is 166 Å². The largest absolute Gasteiger partial charge is 0.355 e. The lowest BCUT2D eigenvalue weighted by atomic mass is 9.64. The van der Waals surface area contributed by atoms with Crippen molar-refractivity contribution < 1.29 is 9.59 Å². The number of rotatable bonds is 5. The van der Waals surface area contributed by atoms with Crippen molar-refractivity contribution >= 4 is 17.9 Å². The lowest BCUT2D eigenvalue weighted by Crippen LogP contribution is -2.46. The molecule has 1 fully saturated rings. The Morgan fingerprint density at radius 1 is 1.07 bits per heavy atom. The van der Waals surface area contributed by atoms with Gasteiger partial charge >= 0.3 is 0 Å². The van der Waals surface area contributed by atoms with E-state index in [-0.39, 0.29) is 29.7 Å². The second kappa shape index (κ2) is 7.63. The van der Waals surface area contributed by atoms with Crippen LogP contribution >= 0.6 is 0 Å². The van der Waals surface area contributed by atoms with Crippen molar-refractivity contribution in [2.75, 3.05) is 6.54 Å². The van der Waals surface area contributed by atoms with E-state index in [9.17, 15) is 9.59 Å². The molecule has 2 aliphatic rings. The molecule has 1 atom stereocenters. The molecular weight excluding hydrogens is 348 g/mol. The molecule has 1 aliphatic carbocycles. The van der Waals surface area contributed by atoms with E-state index in [1.165, 1.54) is 12.0 Å². The molecule has 144 valence electrons. The molecule has 2 amide bonds. The van der Waals surface area contributed by atoms with Crippen LogP contribution in [0.1, 0.15) is 55.3 Å². The Kier molecular flexibility index (Phi) is 5.03. The average Bonchev–Trinajstić information content (AvgIpc) is 2.68. The molecule has 2 aromatic rings. The van der Waals surface area contributed by atoms with Crippen molar-refractivity contribution in [1.29, 1.82) is 0 Å². The maximum absolute atomic E-state index is 12.8. The smallest absolute Gasteiger partial charge is 0.223 e. The minimum atomic E-state index is -0.257. The van der Waals surface area contributed by atoms with Gasteiger partial charge in [0.05, 0.1) is 12.5 Å². The normalized spacial score (nSPS) is 19.5. The first-order valence-electron chi connectivity index (χ1n) is 9.97. The van der Waals surface area contributed by atoms with E-state index in [4.69, 9.17) is 0 Å². The average molecular weight is 374 g/mol. The van der Waals surface area contributed by atoms with Crippen molar-refractivity contribution in [3.05, 3.63) is 77.5 Å². The molecule has 2 aromatic carbocycles. The number of nitrogens with one attached hydrogen (secondary N) is 1. The fourth-order valence-electron chi connectivity index (χ4n) is 4.39. The van der Waals surface area contributed by atoms with Gasteiger partial charge in [0.2, 0.25) is 11.8 Å². The fourth-order valence-corrected chi connectivity index (χ4v) is 4.39. The highest BCUT2D eigenvalue weighted by atomic mass is 16.2. The van der Waals surface area contributed by atoms with Gasteiger partial charge in [0.15, 0.2) is 0 Å². The Balaban J connectivity index is 1.47. The van der Waals surface area contributed by atoms with Gasteiger partial charge < -0.3 is 10.2 Å². The van der Waals surface area contributed by atoms with Crippen LogP contribution in [0.5, 0.6) is 0 Å². The number of fused-ring (bicyclic) bond motifs is 1. The van der Waals surface area contributed by atoms with Gasteiger partial charge in [-0.15, -0.1) is 0 Å². The highest BCUT2D eigenvalue weighted by molar-refractivity contribution is 5.81. The number of amides is 2. The molecule has 0 aromatic heterocycles. The lowest BCUT2D eigenvalue weighted by molar-refractivity contribution is -0.130. The third-order valence-corrected chi connectivity index (χ3v) is 6.17. The molecule has 0 spiro atoms. The molecule has 4 nitrogen and oxygen atoms in total. The van der Waals surface area contributed by atoms with Crippen LogP contribution in [-0.2, 0) is 15.0 Å². The molecule has 0 radical (unpaired) electrons. The van der Waals surface area contributed by atoms with Crippen LogP contribution in [0.15, 0.2) is 60.8 Å². The highest BCUT2D eigenvalue weighted by Crippen LogP contribution is 2.43. The summed E-state index contributed by atoms with van der Waals surface area (Å²) in [5, 5.41) is 3.16. The van der Waals surface area contributed by atoms with Crippen LogP contribution in [0.2, 0.25) is 0 Å². The van der Waals surface area contributed by atoms with Gasteiger partial charge in [0, 0.05) is 25.1 Å². The molecule has 1 heterocycles. The van der Waals surface area contributed by atoms with Crippen molar-refractivity contribution in [3.63, 3.8) is 0 Å². The number of nitrogens with zero attached hydrogens (tertiary/aromatic N) is 1. The zero-order chi connectivity index (χ0) is 19.6. The summed E-state index contributed by atoms with van der Waals surface area (Å²) in [5.41, 5.74) is 3.45. The summed E-state index contributed by atoms with van der Waals surface area (Å²) in [4.78, 5) is 26.6. The molecule has 1 saturated carbocycles. The Bertz CT molecular complexity index is 900. The van der Waals surface area contributed by atoms with Crippen LogP contribution < -0.4 is 5.32 Å². The van der Waals surface area contributed by atoms with Gasteiger partial charge in [-0.1, -0.05) is 61.0 Å². The Morgan fingerprint density at radius 2 is 1.79 bits per heavy atom. The van der Waals surface area contributed by atoms with E-state index in [0.717, 1.165) is 24.0 Å². The molecule has 1 unspecified atom stereocenters. The van der Waals surface area contributed by atoms with Crippen molar-refractivity contribution in [1.82, 2.24) is 10.2 Å². The third kappa shape index (κ3) is 3.47. The summed E-state index contributed by atoms with van der Waals surface area (Å²) >= 11 is 0. The van der Waals surface area contributed by atoms with Gasteiger partial charge in [-0.05, 0) is 35.6 Å². The highest BCUT2D eigenvalue weighted by Gasteiger charge is 2.39. The van der Waals surface area contributed by atoms with E-state index in [0.29, 0.717) is 6.54 Å². The molecule has 4 heteroatoms. The molecule has 28 heavy (non-hydrogen) atoms. The first-order chi connectivity index (χ1) is 13.6. The van der Waals surface area contributed by atoms with Crippen molar-refractivity contribution in [3.8, 4) is 0 Å². The van der Waals surface area contributed by atoms with Crippen LogP contribution in [0.3, 0.4) is 0 Å². The van der Waals surface area contributed by atoms with Crippen LogP contribution in [-0.4, -0.2) is 23.3 Å². The Morgan fingerprint density at radius 3 is 2.46 bits per heavy atom. The predicted molar refractivity (Wildman–Crippen MR) is 110 cm³/mol. The minimum Gasteiger partial charge on any atom is -0.355 e. The zero-order valence-corrected chi connectivity index (χ0v) is 16.2. The van der Waals surface area contributed by atoms with Crippen LogP contribution in [0.4, 0.5) is 0 Å². The molecule has 0 saturated heterocycles. The summed E-state index contributed by atoms with van der Waals surface area (Å²) in [6.45, 7) is 2.20. The second-order valence-electron chi connectivity index (χ2n) is 7.87. The van der Waals surface area contributed by atoms with E-state index < -0.39 is 0 Å². The number of hydrogen-bond donors (Lipinski definition) is 1. The number of carbonyl (C=O) groups is 2. The number of hydrogen-bond acceptors (Lipinski definition) is 2. The number of carbonyl (C=O) groups excluding carboxylic acids is 2. The van der Waals surface area contributed by atoms with Gasteiger partial charge in [0.25, 0.3) is 0 Å². The van der Waals surface area contributed by atoms with E-state index >= 15 is 0 Å². The summed E-state index contributed by atoms with van der Waals surface area (Å²) in [7, 11) is 0. The summed E-state index contributed by atoms with van der Waals surface area (Å²) < 4.78 is 0. The first kappa shape index (κ1) is 18.5. The van der Waals surface area contributed by atoms with Crippen LogP contribution in [0, 0.1) is 0 Å². The monoisotopic (exact) mass is 374 g/mol. The number of benzene rings is 2. The van der Waals surface area contributed by atoms with Gasteiger partial charge in [-0.2, -0.15) is 0 Å². The van der Waals surface area contributed by atoms with Crippen molar-refractivity contribution in [2.24, 2.45) is 0 Å². The quantitative estimate of drug-likeness (QED) is 0.853. The molecule has 1 N–H and O–H groups in total. The summed E-state index contributed by atoms with van der Waals surface area (Å²) in [6, 6.07) is 18.2. The van der Waals surface area contributed by atoms with Crippen LogP contribution in [0.25, 0.3) is 6.08 Å². The van der Waals surface area contributed by atoms with E-state index in [2.05, 4.69) is 29.6 Å². The second-order valence-corrected chi connectivity index (χ2v) is 7.87. The topological polar surface area (TPSA) is 49.4 Å². The Hall–Kier alpha value is -2.88. The predicted octanol–water partition coefficient (Wildman–Crippen LogP) is 4.19. The standard InChI is InChI=1S/C24H26N2O2/c1-18(27)26-15-12-19-8-5-6-11-21(19)22(26)16-23(28)25-17-24(13-7-14-24)20-9-3-2-4-10-20/h2-6,8-12,15,22H,7,13-14,16-17H2,1H3,(H,25,28). The molecule has 1 aliphatic heterocycles. The fraction of sp³-hybridized carbons (Fsp3) is 0.333. The van der Waals surface area contributed by atoms with Crippen molar-refractivity contribution in [2.45, 2.75) is 44.1 Å². The van der Waals surface area contributed by atoms with E-state index in [1.807, 2.05) is 36.4 Å². The molecule has 4 rings (SSSR count). The van der Waals surface area contributed by atoms with E-state index in [1.54, 1.807) is 18.0 Å². The maximum Gasteiger partial charge on any atom is 0.223 e. The summed E-state index contributed by atoms with van der Waals surface area (Å²) in [5.74, 6) is -0.0631. The van der Waals surface area contributed by atoms with Gasteiger partial charge in [0.1, 0.15) is 0 Å². The zero-order valence-electron chi connectivity index (χ0n) is 16.2. The summed E-state index contributed by atoms with van der Waals surface area (Å²) in [6.07, 6.45) is 7.40. The van der Waals surface area contributed by atoms with Gasteiger partial charge in [-0.25, -0.2) is 0 Å². The minimum absolute atomic E-state index is 0.0106. The molecule has 0 bridgehead atoms. The lowest BCUT2D eigenvalue weighted by Gasteiger charge is -2.43. The maximum atomic E-state index is 12.8. The molecular formula is C24H26N2O2.